The van der Waals surface area contributed by atoms with Crippen molar-refractivity contribution in [3.63, 3.8) is 0 Å². The summed E-state index contributed by atoms with van der Waals surface area (Å²) < 4.78 is 14.4. The van der Waals surface area contributed by atoms with Crippen LogP contribution in [0, 0.1) is 16.7 Å². The van der Waals surface area contributed by atoms with Crippen LogP contribution < -0.4 is 0 Å². The van der Waals surface area contributed by atoms with Crippen LogP contribution in [0.2, 0.25) is 37.8 Å². The number of ketones is 2. The molecule has 2 aliphatic rings. The molecule has 0 amide bonds. The van der Waals surface area contributed by atoms with Gasteiger partial charge in [0.2, 0.25) is 0 Å². The van der Waals surface area contributed by atoms with Crippen LogP contribution in [0.25, 0.3) is 0 Å². The summed E-state index contributed by atoms with van der Waals surface area (Å²) in [6, 6.07) is 0. The molecule has 4 nitrogen and oxygen atoms in total. The van der Waals surface area contributed by atoms with E-state index >= 15 is 0 Å². The molecule has 0 radical (unpaired) electrons. The van der Waals surface area contributed by atoms with E-state index in [9.17, 15) is 9.59 Å². The van der Waals surface area contributed by atoms with Crippen molar-refractivity contribution in [2.75, 3.05) is 0 Å². The predicted molar refractivity (Wildman–Crippen MR) is 152 cm³/mol. The van der Waals surface area contributed by atoms with Gasteiger partial charge in [0, 0.05) is 29.6 Å². The zero-order valence-corrected chi connectivity index (χ0v) is 26.9. The quantitative estimate of drug-likeness (QED) is 0.239. The fraction of sp³-hybridized carbons (Fsp3) is 0.862. The van der Waals surface area contributed by atoms with Crippen LogP contribution in [0.4, 0.5) is 0 Å². The maximum atomic E-state index is 13.8. The van der Waals surface area contributed by atoms with E-state index < -0.39 is 27.7 Å². The molecule has 6 heteroatoms. The van der Waals surface area contributed by atoms with Gasteiger partial charge in [-0.15, -0.1) is 0 Å². The van der Waals surface area contributed by atoms with Crippen molar-refractivity contribution >= 4 is 28.2 Å². The maximum absolute atomic E-state index is 13.8. The zero-order chi connectivity index (χ0) is 27.3. The van der Waals surface area contributed by atoms with Gasteiger partial charge in [0.15, 0.2) is 16.6 Å². The molecule has 2 rings (SSSR count). The number of carbonyl (C=O) groups is 2. The predicted octanol–water partition coefficient (Wildman–Crippen LogP) is 8.09. The van der Waals surface area contributed by atoms with Crippen molar-refractivity contribution in [1.82, 2.24) is 0 Å². The molecule has 0 aromatic carbocycles. The third-order valence-electron chi connectivity index (χ3n) is 9.39. The van der Waals surface area contributed by atoms with E-state index in [1.165, 1.54) is 0 Å². The first-order valence-electron chi connectivity index (χ1n) is 13.7. The van der Waals surface area contributed by atoms with Gasteiger partial charge in [-0.2, -0.15) is 0 Å². The number of hydrogen-bond acceptors (Lipinski definition) is 4. The van der Waals surface area contributed by atoms with Crippen LogP contribution in [0.5, 0.6) is 0 Å². The van der Waals surface area contributed by atoms with Crippen LogP contribution in [-0.4, -0.2) is 39.9 Å². The summed E-state index contributed by atoms with van der Waals surface area (Å²) in [4.78, 5) is 26.3. The van der Waals surface area contributed by atoms with Gasteiger partial charge >= 0.3 is 0 Å². The van der Waals surface area contributed by atoms with E-state index in [0.29, 0.717) is 25.7 Å². The van der Waals surface area contributed by atoms with E-state index in [2.05, 4.69) is 73.9 Å². The van der Waals surface area contributed by atoms with Crippen LogP contribution in [0.1, 0.15) is 93.4 Å². The molecular formula is C29H54O4Si2. The molecule has 202 valence electrons. The summed E-state index contributed by atoms with van der Waals surface area (Å²) in [7, 11) is -4.07. The lowest BCUT2D eigenvalue weighted by molar-refractivity contribution is -0.138. The van der Waals surface area contributed by atoms with Crippen molar-refractivity contribution in [2.45, 2.75) is 143 Å². The molecule has 2 saturated carbocycles. The number of carbonyl (C=O) groups excluding carboxylic acids is 2. The summed E-state index contributed by atoms with van der Waals surface area (Å²) in [5.74, 6) is 0.485. The Morgan fingerprint density at radius 1 is 1.11 bits per heavy atom. The number of hydrogen-bond donors (Lipinski definition) is 0. The second-order valence-electron chi connectivity index (χ2n) is 14.7. The minimum atomic E-state index is -2.04. The lowest BCUT2D eigenvalue weighted by atomic mass is 9.56. The fourth-order valence-corrected chi connectivity index (χ4v) is 8.82. The van der Waals surface area contributed by atoms with Crippen molar-refractivity contribution < 1.29 is 18.4 Å². The molecule has 2 fully saturated rings. The van der Waals surface area contributed by atoms with Gasteiger partial charge in [0.05, 0.1) is 11.7 Å². The Kier molecular flexibility index (Phi) is 8.72. The lowest BCUT2D eigenvalue weighted by Gasteiger charge is -2.60. The number of Topliss-reactive ketones (excluding diaryl/α,β-unsaturated/α-hetero) is 2. The second-order valence-corrected chi connectivity index (χ2v) is 23.9. The molecule has 0 aromatic rings. The molecule has 0 aliphatic heterocycles. The van der Waals surface area contributed by atoms with Gasteiger partial charge < -0.3 is 8.85 Å². The standard InChI is InChI=1S/C29H54O4Si2/c1-21(2)23(30)16-18-27(7)20-29(33-34(9,10)11)22(3)14-15-25(28(29,8)19-17-24(27)31)32-35(12,13)26(4,5)6/h21,25H,3,14-20H2,1-2,4-13H3/t25-,27-,28-,29+/m0/s1. The van der Waals surface area contributed by atoms with E-state index in [0.717, 1.165) is 24.8 Å². The topological polar surface area (TPSA) is 52.6 Å². The van der Waals surface area contributed by atoms with E-state index in [1.54, 1.807) is 0 Å². The number of fused-ring (bicyclic) bond motifs is 1. The maximum Gasteiger partial charge on any atom is 0.192 e. The van der Waals surface area contributed by atoms with Gasteiger partial charge in [0.25, 0.3) is 0 Å². The van der Waals surface area contributed by atoms with Crippen LogP contribution in [-0.2, 0) is 18.4 Å². The second kappa shape index (κ2) is 9.96. The first-order valence-corrected chi connectivity index (χ1v) is 20.0. The first kappa shape index (κ1) is 30.7. The van der Waals surface area contributed by atoms with E-state index in [-0.39, 0.29) is 34.0 Å². The van der Waals surface area contributed by atoms with Crippen molar-refractivity contribution in [3.05, 3.63) is 12.2 Å². The normalized spacial score (nSPS) is 33.0. The molecule has 35 heavy (non-hydrogen) atoms. The average Bonchev–Trinajstić information content (AvgIpc) is 2.76. The van der Waals surface area contributed by atoms with Gasteiger partial charge in [-0.05, 0) is 75.5 Å². The van der Waals surface area contributed by atoms with Crippen molar-refractivity contribution in [3.8, 4) is 0 Å². The smallest absolute Gasteiger partial charge is 0.192 e. The highest BCUT2D eigenvalue weighted by molar-refractivity contribution is 6.74. The molecule has 0 unspecified atom stereocenters. The Morgan fingerprint density at radius 3 is 2.17 bits per heavy atom. The summed E-state index contributed by atoms with van der Waals surface area (Å²) >= 11 is 0. The third-order valence-corrected chi connectivity index (χ3v) is 14.8. The zero-order valence-electron chi connectivity index (χ0n) is 24.9. The molecular weight excluding hydrogens is 468 g/mol. The first-order chi connectivity index (χ1) is 15.6. The van der Waals surface area contributed by atoms with E-state index in [1.807, 2.05) is 13.8 Å². The van der Waals surface area contributed by atoms with Gasteiger partial charge in [-0.1, -0.05) is 55.0 Å². The van der Waals surface area contributed by atoms with Gasteiger partial charge in [-0.25, -0.2) is 0 Å². The Morgan fingerprint density at radius 2 is 1.69 bits per heavy atom. The Balaban J connectivity index is 2.62. The molecule has 0 N–H and O–H groups in total. The summed E-state index contributed by atoms with van der Waals surface area (Å²) in [5.41, 5.74) is -0.448. The Hall–Kier alpha value is -0.566. The highest BCUT2D eigenvalue weighted by Crippen LogP contribution is 2.61. The highest BCUT2D eigenvalue weighted by atomic mass is 28.4. The summed E-state index contributed by atoms with van der Waals surface area (Å²) in [6.45, 7) is 31.1. The molecule has 4 atom stereocenters. The SMILES string of the molecule is C=C1CC[C@H](O[Si](C)(C)C(C)(C)C)[C@]2(C)CCC(=O)[C@@](C)(CCC(=O)C(C)C)C[C@@]12O[Si](C)(C)C. The average molecular weight is 523 g/mol. The van der Waals surface area contributed by atoms with Gasteiger partial charge in [-0.3, -0.25) is 9.59 Å². The number of rotatable bonds is 8. The lowest BCUT2D eigenvalue weighted by Crippen LogP contribution is -2.64. The molecule has 0 heterocycles. The van der Waals surface area contributed by atoms with Crippen molar-refractivity contribution in [2.24, 2.45) is 16.7 Å². The summed E-state index contributed by atoms with van der Waals surface area (Å²) in [5, 5.41) is 0.104. The molecule has 0 spiro atoms. The molecule has 0 bridgehead atoms. The monoisotopic (exact) mass is 522 g/mol. The molecule has 2 aliphatic carbocycles. The Labute approximate surface area is 218 Å². The minimum absolute atomic E-state index is 0.0102. The highest BCUT2D eigenvalue weighted by Gasteiger charge is 2.64. The Bertz CT molecular complexity index is 835. The van der Waals surface area contributed by atoms with Gasteiger partial charge in [0.1, 0.15) is 11.6 Å². The largest absolute Gasteiger partial charge is 0.413 e. The van der Waals surface area contributed by atoms with Crippen molar-refractivity contribution in [1.29, 1.82) is 0 Å². The molecule has 0 aromatic heterocycles. The summed E-state index contributed by atoms with van der Waals surface area (Å²) in [6.07, 6.45) is 4.67. The minimum Gasteiger partial charge on any atom is -0.413 e. The van der Waals surface area contributed by atoms with Crippen LogP contribution >= 0.6 is 0 Å². The van der Waals surface area contributed by atoms with E-state index in [4.69, 9.17) is 8.85 Å². The van der Waals surface area contributed by atoms with Crippen LogP contribution in [0.15, 0.2) is 12.2 Å². The third kappa shape index (κ3) is 6.13. The molecule has 0 saturated heterocycles. The fourth-order valence-electron chi connectivity index (χ4n) is 5.89. The van der Waals surface area contributed by atoms with Crippen LogP contribution in [0.3, 0.4) is 0 Å².